The molecule has 0 saturated carbocycles. The van der Waals surface area contributed by atoms with Crippen molar-refractivity contribution in [2.45, 2.75) is 32.7 Å². The summed E-state index contributed by atoms with van der Waals surface area (Å²) < 4.78 is 2.34. The Morgan fingerprint density at radius 3 is 2.86 bits per heavy atom. The summed E-state index contributed by atoms with van der Waals surface area (Å²) in [6.45, 7) is 6.96. The number of aryl methyl sites for hydroxylation is 2. The normalized spacial score (nSPS) is 11.0. The predicted molar refractivity (Wildman–Crippen MR) is 91.8 cm³/mol. The van der Waals surface area contributed by atoms with Crippen molar-refractivity contribution in [2.24, 2.45) is 0 Å². The van der Waals surface area contributed by atoms with Crippen LogP contribution in [0, 0.1) is 0 Å². The maximum Gasteiger partial charge on any atom is 0.142 e. The molecule has 3 heteroatoms. The van der Waals surface area contributed by atoms with Crippen LogP contribution in [0.25, 0.3) is 22.4 Å². The fraction of sp³-hybridized carbons (Fsp3) is 0.263. The SMILES string of the molecule is C=CCCCn1c(-c2cccnc2)nc2cccc(CC)c21. The second kappa shape index (κ2) is 6.56. The molecule has 0 unspecified atom stereocenters. The first kappa shape index (κ1) is 14.5. The number of allylic oxidation sites excluding steroid dienone is 1. The van der Waals surface area contributed by atoms with Crippen molar-refractivity contribution in [3.05, 3.63) is 60.9 Å². The zero-order valence-electron chi connectivity index (χ0n) is 13.0. The Hall–Kier alpha value is -2.42. The van der Waals surface area contributed by atoms with E-state index in [-0.39, 0.29) is 0 Å². The number of hydrogen-bond acceptors (Lipinski definition) is 2. The molecule has 0 aliphatic heterocycles. The van der Waals surface area contributed by atoms with Gasteiger partial charge in [0.2, 0.25) is 0 Å². The average Bonchev–Trinajstić information content (AvgIpc) is 2.95. The minimum Gasteiger partial charge on any atom is -0.324 e. The third-order valence-electron chi connectivity index (χ3n) is 3.94. The molecule has 0 radical (unpaired) electrons. The van der Waals surface area contributed by atoms with E-state index in [0.29, 0.717) is 0 Å². The van der Waals surface area contributed by atoms with E-state index in [0.717, 1.165) is 42.7 Å². The fourth-order valence-corrected chi connectivity index (χ4v) is 2.87. The molecule has 0 bridgehead atoms. The molecule has 0 spiro atoms. The lowest BCUT2D eigenvalue weighted by molar-refractivity contribution is 0.670. The Morgan fingerprint density at radius 2 is 2.14 bits per heavy atom. The summed E-state index contributed by atoms with van der Waals surface area (Å²) in [5, 5.41) is 0. The van der Waals surface area contributed by atoms with Crippen molar-refractivity contribution < 1.29 is 0 Å². The number of imidazole rings is 1. The monoisotopic (exact) mass is 291 g/mol. The lowest BCUT2D eigenvalue weighted by atomic mass is 10.1. The maximum atomic E-state index is 4.87. The molecule has 0 aliphatic rings. The fourth-order valence-electron chi connectivity index (χ4n) is 2.87. The van der Waals surface area contributed by atoms with Crippen LogP contribution >= 0.6 is 0 Å². The van der Waals surface area contributed by atoms with Gasteiger partial charge in [-0.1, -0.05) is 25.1 Å². The Kier molecular flexibility index (Phi) is 4.33. The van der Waals surface area contributed by atoms with Crippen LogP contribution in [0.3, 0.4) is 0 Å². The third kappa shape index (κ3) is 2.67. The van der Waals surface area contributed by atoms with Gasteiger partial charge < -0.3 is 4.57 Å². The molecule has 3 rings (SSSR count). The number of rotatable bonds is 6. The molecule has 0 saturated heterocycles. The molecule has 112 valence electrons. The Balaban J connectivity index is 2.18. The van der Waals surface area contributed by atoms with Gasteiger partial charge in [0.1, 0.15) is 5.82 Å². The van der Waals surface area contributed by atoms with E-state index in [9.17, 15) is 0 Å². The first-order chi connectivity index (χ1) is 10.8. The second-order valence-corrected chi connectivity index (χ2v) is 5.40. The summed E-state index contributed by atoms with van der Waals surface area (Å²) >= 11 is 0. The van der Waals surface area contributed by atoms with Crippen LogP contribution in [0.4, 0.5) is 0 Å². The smallest absolute Gasteiger partial charge is 0.142 e. The molecule has 2 aromatic heterocycles. The summed E-state index contributed by atoms with van der Waals surface area (Å²) in [5.41, 5.74) is 4.74. The van der Waals surface area contributed by atoms with E-state index in [1.54, 1.807) is 6.20 Å². The highest BCUT2D eigenvalue weighted by Gasteiger charge is 2.14. The van der Waals surface area contributed by atoms with Crippen LogP contribution < -0.4 is 0 Å². The number of aromatic nitrogens is 3. The van der Waals surface area contributed by atoms with Crippen molar-refractivity contribution >= 4 is 11.0 Å². The van der Waals surface area contributed by atoms with Gasteiger partial charge in [-0.2, -0.15) is 0 Å². The second-order valence-electron chi connectivity index (χ2n) is 5.40. The van der Waals surface area contributed by atoms with Crippen molar-refractivity contribution in [3.63, 3.8) is 0 Å². The summed E-state index contributed by atoms with van der Waals surface area (Å²) in [7, 11) is 0. The Labute approximate surface area is 131 Å². The maximum absolute atomic E-state index is 4.87. The van der Waals surface area contributed by atoms with Crippen LogP contribution in [0.1, 0.15) is 25.3 Å². The summed E-state index contributed by atoms with van der Waals surface area (Å²) in [6.07, 6.45) is 8.75. The zero-order valence-corrected chi connectivity index (χ0v) is 13.0. The highest BCUT2D eigenvalue weighted by molar-refractivity contribution is 5.83. The molecule has 0 amide bonds. The topological polar surface area (TPSA) is 30.7 Å². The van der Waals surface area contributed by atoms with Gasteiger partial charge in [-0.05, 0) is 43.0 Å². The van der Waals surface area contributed by atoms with Crippen molar-refractivity contribution in [1.82, 2.24) is 14.5 Å². The Morgan fingerprint density at radius 1 is 1.23 bits per heavy atom. The largest absolute Gasteiger partial charge is 0.324 e. The molecule has 22 heavy (non-hydrogen) atoms. The van der Waals surface area contributed by atoms with Crippen LogP contribution in [-0.2, 0) is 13.0 Å². The summed E-state index contributed by atoms with van der Waals surface area (Å²) in [4.78, 5) is 9.11. The number of para-hydroxylation sites is 1. The molecule has 3 nitrogen and oxygen atoms in total. The van der Waals surface area contributed by atoms with Gasteiger partial charge in [0.05, 0.1) is 11.0 Å². The number of unbranched alkanes of at least 4 members (excludes halogenated alkanes) is 1. The first-order valence-electron chi connectivity index (χ1n) is 7.84. The van der Waals surface area contributed by atoms with Gasteiger partial charge in [0.25, 0.3) is 0 Å². The van der Waals surface area contributed by atoms with Crippen molar-refractivity contribution in [3.8, 4) is 11.4 Å². The van der Waals surface area contributed by atoms with Gasteiger partial charge in [-0.3, -0.25) is 4.98 Å². The van der Waals surface area contributed by atoms with E-state index >= 15 is 0 Å². The summed E-state index contributed by atoms with van der Waals surface area (Å²) in [5.74, 6) is 1.01. The molecule has 2 heterocycles. The first-order valence-corrected chi connectivity index (χ1v) is 7.84. The highest BCUT2D eigenvalue weighted by atomic mass is 15.1. The molecule has 0 atom stereocenters. The van der Waals surface area contributed by atoms with Crippen LogP contribution in [-0.4, -0.2) is 14.5 Å². The highest BCUT2D eigenvalue weighted by Crippen LogP contribution is 2.27. The molecule has 0 aliphatic carbocycles. The Bertz CT molecular complexity index is 772. The third-order valence-corrected chi connectivity index (χ3v) is 3.94. The van der Waals surface area contributed by atoms with E-state index in [2.05, 4.69) is 47.3 Å². The van der Waals surface area contributed by atoms with E-state index in [4.69, 9.17) is 4.98 Å². The minimum atomic E-state index is 0.948. The average molecular weight is 291 g/mol. The number of hydrogen-bond donors (Lipinski definition) is 0. The van der Waals surface area contributed by atoms with Crippen LogP contribution in [0.5, 0.6) is 0 Å². The van der Waals surface area contributed by atoms with Crippen LogP contribution in [0.2, 0.25) is 0 Å². The molecule has 0 fully saturated rings. The van der Waals surface area contributed by atoms with Gasteiger partial charge in [-0.15, -0.1) is 6.58 Å². The summed E-state index contributed by atoms with van der Waals surface area (Å²) in [6, 6.07) is 10.4. The van der Waals surface area contributed by atoms with Gasteiger partial charge in [0.15, 0.2) is 0 Å². The standard InChI is InChI=1S/C19H21N3/c1-3-5-6-13-22-18-15(4-2)9-7-11-17(18)21-19(22)16-10-8-12-20-14-16/h3,7-12,14H,1,4-6,13H2,2H3. The zero-order chi connectivity index (χ0) is 15.4. The number of benzene rings is 1. The predicted octanol–water partition coefficient (Wildman–Crippen LogP) is 4.63. The van der Waals surface area contributed by atoms with Crippen LogP contribution in [0.15, 0.2) is 55.4 Å². The van der Waals surface area contributed by atoms with Crippen molar-refractivity contribution in [1.29, 1.82) is 0 Å². The van der Waals surface area contributed by atoms with Crippen molar-refractivity contribution in [2.75, 3.05) is 0 Å². The number of nitrogens with zero attached hydrogens (tertiary/aromatic N) is 3. The number of fused-ring (bicyclic) bond motifs is 1. The van der Waals surface area contributed by atoms with E-state index in [1.807, 2.05) is 18.3 Å². The van der Waals surface area contributed by atoms with Gasteiger partial charge >= 0.3 is 0 Å². The molecule has 3 aromatic rings. The minimum absolute atomic E-state index is 0.948. The molecular weight excluding hydrogens is 270 g/mol. The molecule has 0 N–H and O–H groups in total. The van der Waals surface area contributed by atoms with E-state index in [1.165, 1.54) is 11.1 Å². The quantitative estimate of drug-likeness (QED) is 0.490. The van der Waals surface area contributed by atoms with Gasteiger partial charge in [-0.25, -0.2) is 4.98 Å². The molecule has 1 aromatic carbocycles. The van der Waals surface area contributed by atoms with Gasteiger partial charge in [0, 0.05) is 24.5 Å². The van der Waals surface area contributed by atoms with E-state index < -0.39 is 0 Å². The lowest BCUT2D eigenvalue weighted by Gasteiger charge is -2.10. The lowest BCUT2D eigenvalue weighted by Crippen LogP contribution is -2.02. The molecular formula is C19H21N3. The number of pyridine rings is 1.